The van der Waals surface area contributed by atoms with E-state index in [4.69, 9.17) is 4.98 Å². The van der Waals surface area contributed by atoms with Gasteiger partial charge in [-0.15, -0.1) is 0 Å². The van der Waals surface area contributed by atoms with E-state index in [0.29, 0.717) is 0 Å². The first-order valence-corrected chi connectivity index (χ1v) is 9.14. The normalized spacial score (nSPS) is 14.2. The fraction of sp³-hybridized carbons (Fsp3) is 0.444. The molecular formula is C18H23N3OS. The maximum atomic E-state index is 12.3. The molecule has 0 bridgehead atoms. The first-order valence-electron chi connectivity index (χ1n) is 8.15. The van der Waals surface area contributed by atoms with Gasteiger partial charge in [0.15, 0.2) is 5.16 Å². The molecule has 1 N–H and O–H groups in total. The van der Waals surface area contributed by atoms with Gasteiger partial charge in [0, 0.05) is 31.1 Å². The summed E-state index contributed by atoms with van der Waals surface area (Å²) in [5, 5.41) is 0.740. The molecule has 1 aliphatic rings. The number of hydrogen-bond donors (Lipinski definition) is 1. The monoisotopic (exact) mass is 329 g/mol. The average molecular weight is 329 g/mol. The van der Waals surface area contributed by atoms with Crippen molar-refractivity contribution >= 4 is 17.4 Å². The molecule has 3 rings (SSSR count). The summed E-state index contributed by atoms with van der Waals surface area (Å²) < 4.78 is 0. The van der Waals surface area contributed by atoms with Crippen molar-refractivity contribution in [3.8, 4) is 0 Å². The lowest BCUT2D eigenvalue weighted by molar-refractivity contribution is 0.707. The van der Waals surface area contributed by atoms with Crippen LogP contribution in [0, 0.1) is 0 Å². The van der Waals surface area contributed by atoms with Gasteiger partial charge in [0.1, 0.15) is 0 Å². The van der Waals surface area contributed by atoms with Crippen LogP contribution < -0.4 is 10.5 Å². The molecule has 2 aromatic rings. The number of nitrogens with one attached hydrogen (secondary N) is 1. The van der Waals surface area contributed by atoms with E-state index >= 15 is 0 Å². The fourth-order valence-electron chi connectivity index (χ4n) is 3.04. The summed E-state index contributed by atoms with van der Waals surface area (Å²) in [6, 6.07) is 8.34. The molecule has 1 aromatic heterocycles. The van der Waals surface area contributed by atoms with Gasteiger partial charge < -0.3 is 9.88 Å². The van der Waals surface area contributed by atoms with Gasteiger partial charge in [0.05, 0.1) is 5.69 Å². The minimum absolute atomic E-state index is 0.0558. The smallest absolute Gasteiger partial charge is 0.254 e. The fourth-order valence-corrected chi connectivity index (χ4v) is 3.92. The number of anilines is 1. The predicted molar refractivity (Wildman–Crippen MR) is 96.4 cm³/mol. The third kappa shape index (κ3) is 3.78. The number of aromatic nitrogens is 2. The summed E-state index contributed by atoms with van der Waals surface area (Å²) in [6.45, 7) is 0. The van der Waals surface area contributed by atoms with E-state index in [-0.39, 0.29) is 5.56 Å². The van der Waals surface area contributed by atoms with Crippen LogP contribution in [0.1, 0.15) is 36.1 Å². The number of aryl methyl sites for hydroxylation is 1. The van der Waals surface area contributed by atoms with E-state index in [0.717, 1.165) is 47.8 Å². The zero-order valence-corrected chi connectivity index (χ0v) is 14.6. The summed E-state index contributed by atoms with van der Waals surface area (Å²) >= 11 is 1.61. The summed E-state index contributed by atoms with van der Waals surface area (Å²) in [6.07, 6.45) is 5.22. The minimum Gasteiger partial charge on any atom is -0.377 e. The van der Waals surface area contributed by atoms with Crippen LogP contribution in [0.25, 0.3) is 0 Å². The Hall–Kier alpha value is -1.75. The van der Waals surface area contributed by atoms with Gasteiger partial charge in [-0.1, -0.05) is 36.4 Å². The van der Waals surface area contributed by atoms with E-state index in [9.17, 15) is 4.79 Å². The molecule has 0 saturated heterocycles. The van der Waals surface area contributed by atoms with Crippen molar-refractivity contribution in [3.63, 3.8) is 0 Å². The molecular weight excluding hydrogens is 306 g/mol. The van der Waals surface area contributed by atoms with E-state index in [2.05, 4.69) is 28.1 Å². The molecule has 0 aliphatic heterocycles. The Kier molecular flexibility index (Phi) is 5.06. The maximum Gasteiger partial charge on any atom is 0.254 e. The average Bonchev–Trinajstić information content (AvgIpc) is 2.79. The van der Waals surface area contributed by atoms with Crippen molar-refractivity contribution in [3.05, 3.63) is 51.4 Å². The molecule has 0 amide bonds. The highest BCUT2D eigenvalue weighted by atomic mass is 32.2. The number of fused-ring (bicyclic) bond motifs is 1. The van der Waals surface area contributed by atoms with Gasteiger partial charge in [-0.2, -0.15) is 0 Å². The molecule has 1 aliphatic carbocycles. The number of H-pyrrole nitrogens is 1. The lowest BCUT2D eigenvalue weighted by Gasteiger charge is -2.17. The van der Waals surface area contributed by atoms with Gasteiger partial charge in [-0.25, -0.2) is 4.98 Å². The Labute approximate surface area is 141 Å². The zero-order valence-electron chi connectivity index (χ0n) is 13.8. The Morgan fingerprint density at radius 3 is 2.78 bits per heavy atom. The second-order valence-electron chi connectivity index (χ2n) is 6.17. The van der Waals surface area contributed by atoms with Crippen LogP contribution >= 0.6 is 11.8 Å². The minimum atomic E-state index is 0.0558. The topological polar surface area (TPSA) is 49.0 Å². The zero-order chi connectivity index (χ0) is 16.2. The van der Waals surface area contributed by atoms with Crippen molar-refractivity contribution in [1.29, 1.82) is 0 Å². The van der Waals surface area contributed by atoms with Crippen LogP contribution in [-0.4, -0.2) is 24.1 Å². The van der Waals surface area contributed by atoms with Crippen LogP contribution in [0.2, 0.25) is 0 Å². The van der Waals surface area contributed by atoms with Gasteiger partial charge in [-0.3, -0.25) is 4.79 Å². The van der Waals surface area contributed by atoms with Gasteiger partial charge in [0.25, 0.3) is 5.56 Å². The van der Waals surface area contributed by atoms with E-state index in [1.165, 1.54) is 17.7 Å². The molecule has 1 heterocycles. The number of nitrogens with zero attached hydrogens (tertiary/aromatic N) is 2. The summed E-state index contributed by atoms with van der Waals surface area (Å²) in [5.74, 6) is 0.802. The quantitative estimate of drug-likeness (QED) is 0.531. The highest BCUT2D eigenvalue weighted by Gasteiger charge is 2.15. The SMILES string of the molecule is CN(C)c1ccccc1CSc1nc2c(c(=O)[nH]1)CCCCC2. The third-order valence-corrected chi connectivity index (χ3v) is 5.18. The predicted octanol–water partition coefficient (Wildman–Crippen LogP) is 3.40. The molecule has 0 fully saturated rings. The molecule has 4 nitrogen and oxygen atoms in total. The van der Waals surface area contributed by atoms with Gasteiger partial charge in [-0.05, 0) is 37.3 Å². The summed E-state index contributed by atoms with van der Waals surface area (Å²) in [5.41, 5.74) is 4.42. The molecule has 0 unspecified atom stereocenters. The second-order valence-corrected chi connectivity index (χ2v) is 7.13. The summed E-state index contributed by atoms with van der Waals surface area (Å²) in [4.78, 5) is 22.1. The van der Waals surface area contributed by atoms with E-state index in [1.54, 1.807) is 11.8 Å². The molecule has 0 atom stereocenters. The maximum absolute atomic E-state index is 12.3. The number of hydrogen-bond acceptors (Lipinski definition) is 4. The molecule has 0 radical (unpaired) electrons. The first-order chi connectivity index (χ1) is 11.1. The molecule has 0 saturated carbocycles. The van der Waals surface area contributed by atoms with Crippen molar-refractivity contribution < 1.29 is 0 Å². The standard InChI is InChI=1S/C18H23N3OS/c1-21(2)16-11-7-6-8-13(16)12-23-18-19-15-10-5-3-4-9-14(15)17(22)20-18/h6-8,11H,3-5,9-10,12H2,1-2H3,(H,19,20,22). The number of thioether (sulfide) groups is 1. The summed E-state index contributed by atoms with van der Waals surface area (Å²) in [7, 11) is 4.10. The Balaban J connectivity index is 1.80. The lowest BCUT2D eigenvalue weighted by Crippen LogP contribution is -2.18. The number of aromatic amines is 1. The van der Waals surface area contributed by atoms with Crippen LogP contribution in [0.4, 0.5) is 5.69 Å². The molecule has 5 heteroatoms. The van der Waals surface area contributed by atoms with Crippen molar-refractivity contribution in [2.24, 2.45) is 0 Å². The molecule has 23 heavy (non-hydrogen) atoms. The highest BCUT2D eigenvalue weighted by molar-refractivity contribution is 7.98. The third-order valence-electron chi connectivity index (χ3n) is 4.26. The first kappa shape index (κ1) is 16.1. The van der Waals surface area contributed by atoms with Crippen molar-refractivity contribution in [2.45, 2.75) is 43.0 Å². The van der Waals surface area contributed by atoms with E-state index in [1.807, 2.05) is 20.2 Å². The Morgan fingerprint density at radius 1 is 1.17 bits per heavy atom. The molecule has 1 aromatic carbocycles. The lowest BCUT2D eigenvalue weighted by atomic mass is 10.1. The van der Waals surface area contributed by atoms with Crippen LogP contribution in [0.15, 0.2) is 34.2 Å². The second kappa shape index (κ2) is 7.21. The number of rotatable bonds is 4. The number of para-hydroxylation sites is 1. The van der Waals surface area contributed by atoms with Crippen LogP contribution in [-0.2, 0) is 18.6 Å². The molecule has 122 valence electrons. The van der Waals surface area contributed by atoms with E-state index < -0.39 is 0 Å². The van der Waals surface area contributed by atoms with Crippen molar-refractivity contribution in [1.82, 2.24) is 9.97 Å². The van der Waals surface area contributed by atoms with Gasteiger partial charge in [0.2, 0.25) is 0 Å². The number of benzene rings is 1. The Morgan fingerprint density at radius 2 is 1.96 bits per heavy atom. The Bertz CT molecular complexity index is 739. The van der Waals surface area contributed by atoms with Crippen LogP contribution in [0.3, 0.4) is 0 Å². The van der Waals surface area contributed by atoms with Crippen molar-refractivity contribution in [2.75, 3.05) is 19.0 Å². The largest absolute Gasteiger partial charge is 0.377 e. The van der Waals surface area contributed by atoms with Crippen LogP contribution in [0.5, 0.6) is 0 Å². The highest BCUT2D eigenvalue weighted by Crippen LogP contribution is 2.26. The van der Waals surface area contributed by atoms with Gasteiger partial charge >= 0.3 is 0 Å². The molecule has 0 spiro atoms.